The lowest BCUT2D eigenvalue weighted by atomic mass is 9.72. The van der Waals surface area contributed by atoms with Gasteiger partial charge in [-0.05, 0) is 18.8 Å². The van der Waals surface area contributed by atoms with Gasteiger partial charge >= 0.3 is 0 Å². The number of hydrogen-bond acceptors (Lipinski definition) is 2. The maximum absolute atomic E-state index is 9.89. The molecule has 10 heavy (non-hydrogen) atoms. The molecular formula is C8H14O2. The SMILES string of the molecule is OC1(C2CCC2)CCOC1. The van der Waals surface area contributed by atoms with Gasteiger partial charge in [0.2, 0.25) is 0 Å². The van der Waals surface area contributed by atoms with E-state index >= 15 is 0 Å². The Morgan fingerprint density at radius 2 is 2.20 bits per heavy atom. The Hall–Kier alpha value is -0.0800. The van der Waals surface area contributed by atoms with E-state index in [1.54, 1.807) is 0 Å². The molecule has 2 aliphatic rings. The standard InChI is InChI=1S/C8H14O2/c9-8(4-5-10-6-8)7-2-1-3-7/h7,9H,1-6H2. The third-order valence-corrected chi connectivity index (χ3v) is 2.90. The molecule has 1 aliphatic carbocycles. The van der Waals surface area contributed by atoms with Crippen molar-refractivity contribution in [1.82, 2.24) is 0 Å². The first-order valence-electron chi connectivity index (χ1n) is 4.11. The van der Waals surface area contributed by atoms with E-state index in [0.29, 0.717) is 12.5 Å². The summed E-state index contributed by atoms with van der Waals surface area (Å²) in [5.41, 5.74) is -0.432. The highest BCUT2D eigenvalue weighted by molar-refractivity contribution is 4.93. The lowest BCUT2D eigenvalue weighted by Gasteiger charge is -2.37. The number of ether oxygens (including phenoxy) is 1. The van der Waals surface area contributed by atoms with Gasteiger partial charge in [0, 0.05) is 13.0 Å². The van der Waals surface area contributed by atoms with Gasteiger partial charge in [-0.2, -0.15) is 0 Å². The molecule has 1 saturated heterocycles. The van der Waals surface area contributed by atoms with Crippen LogP contribution in [0.3, 0.4) is 0 Å². The summed E-state index contributed by atoms with van der Waals surface area (Å²) in [6, 6.07) is 0. The van der Waals surface area contributed by atoms with Crippen molar-refractivity contribution >= 4 is 0 Å². The summed E-state index contributed by atoms with van der Waals surface area (Å²) in [6.07, 6.45) is 4.57. The Labute approximate surface area is 61.2 Å². The van der Waals surface area contributed by atoms with Crippen LogP contribution in [0.25, 0.3) is 0 Å². The quantitative estimate of drug-likeness (QED) is 0.590. The summed E-state index contributed by atoms with van der Waals surface area (Å²) in [6.45, 7) is 1.34. The summed E-state index contributed by atoms with van der Waals surface area (Å²) in [4.78, 5) is 0. The Morgan fingerprint density at radius 3 is 2.60 bits per heavy atom. The van der Waals surface area contributed by atoms with Crippen LogP contribution >= 0.6 is 0 Å². The van der Waals surface area contributed by atoms with Gasteiger partial charge in [0.05, 0.1) is 12.2 Å². The monoisotopic (exact) mass is 142 g/mol. The zero-order valence-corrected chi connectivity index (χ0v) is 6.18. The second-order valence-corrected chi connectivity index (χ2v) is 3.53. The Kier molecular flexibility index (Phi) is 1.46. The Balaban J connectivity index is 1.98. The highest BCUT2D eigenvalue weighted by Gasteiger charge is 2.42. The van der Waals surface area contributed by atoms with Crippen molar-refractivity contribution < 1.29 is 9.84 Å². The summed E-state index contributed by atoms with van der Waals surface area (Å²) in [7, 11) is 0. The van der Waals surface area contributed by atoms with Crippen LogP contribution < -0.4 is 0 Å². The molecule has 58 valence electrons. The molecule has 1 aliphatic heterocycles. The van der Waals surface area contributed by atoms with E-state index in [4.69, 9.17) is 4.74 Å². The van der Waals surface area contributed by atoms with Crippen LogP contribution in [0.15, 0.2) is 0 Å². The molecule has 1 atom stereocenters. The molecule has 1 saturated carbocycles. The van der Waals surface area contributed by atoms with E-state index in [0.717, 1.165) is 13.0 Å². The normalized spacial score (nSPS) is 41.7. The number of aliphatic hydroxyl groups is 1. The average Bonchev–Trinajstić information content (AvgIpc) is 2.09. The molecule has 1 heterocycles. The fourth-order valence-corrected chi connectivity index (χ4v) is 1.84. The average molecular weight is 142 g/mol. The van der Waals surface area contributed by atoms with E-state index in [1.807, 2.05) is 0 Å². The number of rotatable bonds is 1. The molecule has 2 heteroatoms. The van der Waals surface area contributed by atoms with Crippen molar-refractivity contribution in [2.75, 3.05) is 13.2 Å². The molecule has 0 aromatic carbocycles. The van der Waals surface area contributed by atoms with E-state index in [1.165, 1.54) is 19.3 Å². The van der Waals surface area contributed by atoms with E-state index in [9.17, 15) is 5.11 Å². The maximum atomic E-state index is 9.89. The second kappa shape index (κ2) is 2.21. The van der Waals surface area contributed by atoms with Crippen LogP contribution in [0.5, 0.6) is 0 Å². The smallest absolute Gasteiger partial charge is 0.0929 e. The van der Waals surface area contributed by atoms with Gasteiger partial charge in [0.15, 0.2) is 0 Å². The van der Waals surface area contributed by atoms with Gasteiger partial charge < -0.3 is 9.84 Å². The summed E-state index contributed by atoms with van der Waals surface area (Å²) in [5, 5.41) is 9.89. The van der Waals surface area contributed by atoms with Crippen molar-refractivity contribution in [1.29, 1.82) is 0 Å². The predicted octanol–water partition coefficient (Wildman–Crippen LogP) is 0.938. The minimum Gasteiger partial charge on any atom is -0.387 e. The van der Waals surface area contributed by atoms with Crippen LogP contribution in [-0.4, -0.2) is 23.9 Å². The molecule has 1 unspecified atom stereocenters. The van der Waals surface area contributed by atoms with Gasteiger partial charge in [0.25, 0.3) is 0 Å². The van der Waals surface area contributed by atoms with E-state index in [-0.39, 0.29) is 0 Å². The molecule has 2 nitrogen and oxygen atoms in total. The second-order valence-electron chi connectivity index (χ2n) is 3.53. The molecule has 2 rings (SSSR count). The summed E-state index contributed by atoms with van der Waals surface area (Å²) < 4.78 is 5.17. The zero-order valence-electron chi connectivity index (χ0n) is 6.18. The van der Waals surface area contributed by atoms with Crippen LogP contribution in [0.2, 0.25) is 0 Å². The van der Waals surface area contributed by atoms with E-state index < -0.39 is 5.60 Å². The van der Waals surface area contributed by atoms with Crippen molar-refractivity contribution in [2.24, 2.45) is 5.92 Å². The highest BCUT2D eigenvalue weighted by atomic mass is 16.5. The van der Waals surface area contributed by atoms with Crippen molar-refractivity contribution in [3.05, 3.63) is 0 Å². The molecule has 0 amide bonds. The van der Waals surface area contributed by atoms with Crippen LogP contribution in [0.4, 0.5) is 0 Å². The molecule has 0 aromatic rings. The summed E-state index contributed by atoms with van der Waals surface area (Å²) in [5.74, 6) is 0.551. The minimum absolute atomic E-state index is 0.432. The van der Waals surface area contributed by atoms with Crippen LogP contribution in [0.1, 0.15) is 25.7 Å². The molecule has 0 radical (unpaired) electrons. The van der Waals surface area contributed by atoms with Gasteiger partial charge in [-0.15, -0.1) is 0 Å². The fraction of sp³-hybridized carbons (Fsp3) is 1.00. The highest BCUT2D eigenvalue weighted by Crippen LogP contribution is 2.40. The zero-order chi connectivity index (χ0) is 7.03. The first-order valence-corrected chi connectivity index (χ1v) is 4.11. The lowest BCUT2D eigenvalue weighted by Crippen LogP contribution is -2.42. The predicted molar refractivity (Wildman–Crippen MR) is 37.7 cm³/mol. The third-order valence-electron chi connectivity index (χ3n) is 2.90. The first-order chi connectivity index (χ1) is 4.81. The van der Waals surface area contributed by atoms with Gasteiger partial charge in [-0.25, -0.2) is 0 Å². The minimum atomic E-state index is -0.432. The topological polar surface area (TPSA) is 29.5 Å². The maximum Gasteiger partial charge on any atom is 0.0929 e. The lowest BCUT2D eigenvalue weighted by molar-refractivity contribution is -0.0535. The molecule has 0 spiro atoms. The molecule has 0 aromatic heterocycles. The van der Waals surface area contributed by atoms with Gasteiger partial charge in [-0.3, -0.25) is 0 Å². The van der Waals surface area contributed by atoms with Gasteiger partial charge in [-0.1, -0.05) is 6.42 Å². The van der Waals surface area contributed by atoms with E-state index in [2.05, 4.69) is 0 Å². The molecular weight excluding hydrogens is 128 g/mol. The van der Waals surface area contributed by atoms with Crippen LogP contribution in [0, 0.1) is 5.92 Å². The number of hydrogen-bond donors (Lipinski definition) is 1. The summed E-state index contributed by atoms with van der Waals surface area (Å²) >= 11 is 0. The van der Waals surface area contributed by atoms with Crippen LogP contribution in [-0.2, 0) is 4.74 Å². The van der Waals surface area contributed by atoms with Crippen molar-refractivity contribution in [2.45, 2.75) is 31.3 Å². The third kappa shape index (κ3) is 0.867. The van der Waals surface area contributed by atoms with Crippen molar-refractivity contribution in [3.8, 4) is 0 Å². The Bertz CT molecular complexity index is 123. The molecule has 0 bridgehead atoms. The Morgan fingerprint density at radius 1 is 1.40 bits per heavy atom. The van der Waals surface area contributed by atoms with Gasteiger partial charge in [0.1, 0.15) is 0 Å². The largest absolute Gasteiger partial charge is 0.387 e. The molecule has 1 N–H and O–H groups in total. The first kappa shape index (κ1) is 6.62. The fourth-order valence-electron chi connectivity index (χ4n) is 1.84. The molecule has 2 fully saturated rings. The van der Waals surface area contributed by atoms with Crippen molar-refractivity contribution in [3.63, 3.8) is 0 Å².